The number of nitrogens with zero attached hydrogens (tertiary/aromatic N) is 4. The molecule has 32 heavy (non-hydrogen) atoms. The molecule has 2 heterocycles. The standard InChI is InChI=1S/C25H27N5O2/c1-29(17-20-11-8-16-30(20)23-14-7-15-26-28-23)18-24(31)27-22-13-6-5-12-21(22)25(32)19-9-3-2-4-10-19/h2-7,9-10,12-15,20H,8,11,16-18H2,1H3,(H,27,31). The highest BCUT2D eigenvalue weighted by Gasteiger charge is 2.27. The largest absolute Gasteiger partial charge is 0.351 e. The van der Waals surface area contributed by atoms with E-state index in [0.717, 1.165) is 31.7 Å². The second-order valence-electron chi connectivity index (χ2n) is 8.06. The molecular formula is C25H27N5O2. The van der Waals surface area contributed by atoms with Gasteiger partial charge in [-0.2, -0.15) is 5.10 Å². The number of carbonyl (C=O) groups is 2. The van der Waals surface area contributed by atoms with Crippen LogP contribution in [0.25, 0.3) is 0 Å². The third kappa shape index (κ3) is 5.18. The number of aromatic nitrogens is 2. The molecule has 0 bridgehead atoms. The van der Waals surface area contributed by atoms with Gasteiger partial charge in [-0.05, 0) is 44.2 Å². The smallest absolute Gasteiger partial charge is 0.238 e. The second-order valence-corrected chi connectivity index (χ2v) is 8.06. The molecule has 164 valence electrons. The fourth-order valence-corrected chi connectivity index (χ4v) is 4.17. The van der Waals surface area contributed by atoms with E-state index in [-0.39, 0.29) is 24.3 Å². The van der Waals surface area contributed by atoms with Gasteiger partial charge < -0.3 is 10.2 Å². The number of carbonyl (C=O) groups excluding carboxylic acids is 2. The number of nitrogens with one attached hydrogen (secondary N) is 1. The number of ketones is 1. The Bertz CT molecular complexity index is 1060. The van der Waals surface area contributed by atoms with Crippen molar-refractivity contribution in [1.82, 2.24) is 15.1 Å². The topological polar surface area (TPSA) is 78.4 Å². The van der Waals surface area contributed by atoms with Crippen LogP contribution >= 0.6 is 0 Å². The molecule has 1 saturated heterocycles. The number of benzene rings is 2. The molecule has 0 saturated carbocycles. The van der Waals surface area contributed by atoms with E-state index in [1.165, 1.54) is 0 Å². The summed E-state index contributed by atoms with van der Waals surface area (Å²) < 4.78 is 0. The van der Waals surface area contributed by atoms with Crippen LogP contribution in [-0.4, -0.2) is 59.5 Å². The maximum Gasteiger partial charge on any atom is 0.238 e. The summed E-state index contributed by atoms with van der Waals surface area (Å²) in [4.78, 5) is 29.9. The summed E-state index contributed by atoms with van der Waals surface area (Å²) in [5.74, 6) is 0.617. The van der Waals surface area contributed by atoms with Gasteiger partial charge in [0.25, 0.3) is 0 Å². The van der Waals surface area contributed by atoms with Gasteiger partial charge in [0.2, 0.25) is 5.91 Å². The Hall–Kier alpha value is -3.58. The van der Waals surface area contributed by atoms with Gasteiger partial charge >= 0.3 is 0 Å². The van der Waals surface area contributed by atoms with E-state index in [1.54, 1.807) is 36.5 Å². The van der Waals surface area contributed by atoms with E-state index in [2.05, 4.69) is 20.4 Å². The van der Waals surface area contributed by atoms with E-state index in [0.29, 0.717) is 16.8 Å². The third-order valence-corrected chi connectivity index (χ3v) is 5.65. The molecule has 1 atom stereocenters. The first-order valence-corrected chi connectivity index (χ1v) is 10.8. The molecule has 2 aromatic carbocycles. The first kappa shape index (κ1) is 21.6. The molecule has 0 radical (unpaired) electrons. The van der Waals surface area contributed by atoms with Gasteiger partial charge in [-0.15, -0.1) is 5.10 Å². The summed E-state index contributed by atoms with van der Waals surface area (Å²) in [6.07, 6.45) is 3.82. The minimum absolute atomic E-state index is 0.111. The monoisotopic (exact) mass is 429 g/mol. The van der Waals surface area contributed by atoms with Gasteiger partial charge in [0.1, 0.15) is 0 Å². The van der Waals surface area contributed by atoms with Crippen LogP contribution in [-0.2, 0) is 4.79 Å². The lowest BCUT2D eigenvalue weighted by molar-refractivity contribution is -0.117. The minimum Gasteiger partial charge on any atom is -0.351 e. The fraction of sp³-hybridized carbons (Fsp3) is 0.280. The van der Waals surface area contributed by atoms with Crippen molar-refractivity contribution in [3.63, 3.8) is 0 Å². The van der Waals surface area contributed by atoms with Crippen molar-refractivity contribution in [2.45, 2.75) is 18.9 Å². The van der Waals surface area contributed by atoms with E-state index >= 15 is 0 Å². The highest BCUT2D eigenvalue weighted by atomic mass is 16.2. The van der Waals surface area contributed by atoms with E-state index in [1.807, 2.05) is 48.3 Å². The molecule has 3 aromatic rings. The Morgan fingerprint density at radius 2 is 1.84 bits per heavy atom. The molecule has 1 aliphatic heterocycles. The number of hydrogen-bond donors (Lipinski definition) is 1. The van der Waals surface area contributed by atoms with Crippen LogP contribution in [0.1, 0.15) is 28.8 Å². The van der Waals surface area contributed by atoms with Crippen LogP contribution in [0.4, 0.5) is 11.5 Å². The Morgan fingerprint density at radius 3 is 2.62 bits per heavy atom. The van der Waals surface area contributed by atoms with Crippen molar-refractivity contribution < 1.29 is 9.59 Å². The molecule has 1 fully saturated rings. The Labute approximate surface area is 188 Å². The van der Waals surface area contributed by atoms with Crippen molar-refractivity contribution in [2.24, 2.45) is 0 Å². The summed E-state index contributed by atoms with van der Waals surface area (Å²) in [7, 11) is 1.94. The highest BCUT2D eigenvalue weighted by Crippen LogP contribution is 2.24. The number of amides is 1. The Kier molecular flexibility index (Phi) is 6.87. The summed E-state index contributed by atoms with van der Waals surface area (Å²) >= 11 is 0. The lowest BCUT2D eigenvalue weighted by Gasteiger charge is -2.29. The van der Waals surface area contributed by atoms with Gasteiger partial charge in [-0.25, -0.2) is 0 Å². The average molecular weight is 430 g/mol. The lowest BCUT2D eigenvalue weighted by Crippen LogP contribution is -2.42. The zero-order valence-corrected chi connectivity index (χ0v) is 18.1. The van der Waals surface area contributed by atoms with Gasteiger partial charge in [-0.1, -0.05) is 42.5 Å². The van der Waals surface area contributed by atoms with E-state index < -0.39 is 0 Å². The van der Waals surface area contributed by atoms with Crippen LogP contribution in [0.2, 0.25) is 0 Å². The number of anilines is 2. The Morgan fingerprint density at radius 1 is 1.06 bits per heavy atom. The molecule has 1 aliphatic rings. The molecule has 1 amide bonds. The summed E-state index contributed by atoms with van der Waals surface area (Å²) in [6, 6.07) is 20.4. The minimum atomic E-state index is -0.148. The van der Waals surface area contributed by atoms with Crippen molar-refractivity contribution in [1.29, 1.82) is 0 Å². The molecule has 1 N–H and O–H groups in total. The van der Waals surface area contributed by atoms with E-state index in [9.17, 15) is 9.59 Å². The number of rotatable bonds is 8. The van der Waals surface area contributed by atoms with Crippen LogP contribution in [0.15, 0.2) is 72.9 Å². The van der Waals surface area contributed by atoms with Crippen LogP contribution in [0, 0.1) is 0 Å². The molecule has 7 nitrogen and oxygen atoms in total. The zero-order chi connectivity index (χ0) is 22.3. The van der Waals surface area contributed by atoms with Crippen LogP contribution < -0.4 is 10.2 Å². The summed E-state index contributed by atoms with van der Waals surface area (Å²) in [5.41, 5.74) is 1.61. The van der Waals surface area contributed by atoms with E-state index in [4.69, 9.17) is 0 Å². The molecular weight excluding hydrogens is 402 g/mol. The predicted molar refractivity (Wildman–Crippen MR) is 125 cm³/mol. The molecule has 0 spiro atoms. The summed E-state index contributed by atoms with van der Waals surface area (Å²) in [5, 5.41) is 11.1. The molecule has 1 aromatic heterocycles. The number of para-hydroxylation sites is 1. The summed E-state index contributed by atoms with van der Waals surface area (Å²) in [6.45, 7) is 1.92. The normalized spacial score (nSPS) is 15.7. The first-order chi connectivity index (χ1) is 15.6. The van der Waals surface area contributed by atoms with Crippen LogP contribution in [0.3, 0.4) is 0 Å². The first-order valence-electron chi connectivity index (χ1n) is 10.8. The molecule has 7 heteroatoms. The SMILES string of the molecule is CN(CC(=O)Nc1ccccc1C(=O)c1ccccc1)CC1CCCN1c1cccnn1. The quantitative estimate of drug-likeness (QED) is 0.554. The van der Waals surface area contributed by atoms with Crippen molar-refractivity contribution in [3.05, 3.63) is 84.1 Å². The maximum atomic E-state index is 12.9. The number of likely N-dealkylation sites (N-methyl/N-ethyl adjacent to an activating group) is 1. The van der Waals surface area contributed by atoms with Crippen molar-refractivity contribution in [2.75, 3.05) is 36.9 Å². The van der Waals surface area contributed by atoms with Crippen molar-refractivity contribution in [3.8, 4) is 0 Å². The highest BCUT2D eigenvalue weighted by molar-refractivity contribution is 6.13. The molecule has 0 aliphatic carbocycles. The Balaban J connectivity index is 1.37. The van der Waals surface area contributed by atoms with Gasteiger partial charge in [0.15, 0.2) is 11.6 Å². The predicted octanol–water partition coefficient (Wildman–Crippen LogP) is 3.25. The molecule has 1 unspecified atom stereocenters. The van der Waals surface area contributed by atoms with Gasteiger partial charge in [0, 0.05) is 36.5 Å². The second kappa shape index (κ2) is 10.2. The lowest BCUT2D eigenvalue weighted by atomic mass is 10.0. The third-order valence-electron chi connectivity index (χ3n) is 5.65. The fourth-order valence-electron chi connectivity index (χ4n) is 4.17. The van der Waals surface area contributed by atoms with Gasteiger partial charge in [-0.3, -0.25) is 14.5 Å². The van der Waals surface area contributed by atoms with Gasteiger partial charge in [0.05, 0.1) is 12.2 Å². The molecule has 4 rings (SSSR count). The van der Waals surface area contributed by atoms with Crippen molar-refractivity contribution >= 4 is 23.2 Å². The zero-order valence-electron chi connectivity index (χ0n) is 18.1. The number of hydrogen-bond acceptors (Lipinski definition) is 6. The maximum absolute atomic E-state index is 12.9. The average Bonchev–Trinajstić information content (AvgIpc) is 3.28. The van der Waals surface area contributed by atoms with Crippen LogP contribution in [0.5, 0.6) is 0 Å².